The van der Waals surface area contributed by atoms with E-state index in [1.165, 1.54) is 23.0 Å². The van der Waals surface area contributed by atoms with Gasteiger partial charge in [-0.05, 0) is 18.2 Å². The van der Waals surface area contributed by atoms with E-state index in [4.69, 9.17) is 0 Å². The minimum Gasteiger partial charge on any atom is -0.303 e. The molecule has 1 aromatic heterocycles. The fourth-order valence-corrected chi connectivity index (χ4v) is 1.51. The van der Waals surface area contributed by atoms with Crippen LogP contribution in [0.3, 0.4) is 0 Å². The van der Waals surface area contributed by atoms with Crippen LogP contribution in [0.1, 0.15) is 11.3 Å². The summed E-state index contributed by atoms with van der Waals surface area (Å²) in [5.41, 5.74) is -0.115. The summed E-state index contributed by atoms with van der Waals surface area (Å²) in [6, 6.07) is 4.69. The second-order valence-electron chi connectivity index (χ2n) is 3.56. The molecule has 0 amide bonds. The Labute approximate surface area is 100 Å². The molecule has 7 heteroatoms. The average Bonchev–Trinajstić information content (AvgIpc) is 2.77. The van der Waals surface area contributed by atoms with Gasteiger partial charge in [-0.15, -0.1) is 5.10 Å². The van der Waals surface area contributed by atoms with Gasteiger partial charge in [0.15, 0.2) is 0 Å². The molecule has 0 N–H and O–H groups in total. The van der Waals surface area contributed by atoms with E-state index in [1.54, 1.807) is 0 Å². The molecule has 1 heterocycles. The number of carbonyl (C=O) groups is 1. The summed E-state index contributed by atoms with van der Waals surface area (Å²) >= 11 is 0. The molecule has 0 aliphatic carbocycles. The Morgan fingerprint density at radius 2 is 2.11 bits per heavy atom. The Morgan fingerprint density at radius 3 is 2.78 bits per heavy atom. The highest BCUT2D eigenvalue weighted by Gasteiger charge is 2.30. The van der Waals surface area contributed by atoms with E-state index >= 15 is 0 Å². The lowest BCUT2D eigenvalue weighted by atomic mass is 10.2. The fraction of sp³-hybridized carbons (Fsp3) is 0.182. The zero-order chi connectivity index (χ0) is 13.2. The minimum atomic E-state index is -4.42. The predicted molar refractivity (Wildman–Crippen MR) is 56.1 cm³/mol. The van der Waals surface area contributed by atoms with Crippen molar-refractivity contribution in [3.8, 4) is 5.69 Å². The summed E-state index contributed by atoms with van der Waals surface area (Å²) in [4.78, 5) is 10.4. The van der Waals surface area contributed by atoms with E-state index in [9.17, 15) is 18.0 Å². The van der Waals surface area contributed by atoms with Crippen molar-refractivity contribution in [1.29, 1.82) is 0 Å². The van der Waals surface area contributed by atoms with Crippen LogP contribution in [0.2, 0.25) is 0 Å². The van der Waals surface area contributed by atoms with Gasteiger partial charge in [0, 0.05) is 6.42 Å². The van der Waals surface area contributed by atoms with Crippen molar-refractivity contribution in [2.75, 3.05) is 0 Å². The highest BCUT2D eigenvalue weighted by molar-refractivity contribution is 5.54. The maximum atomic E-state index is 12.6. The van der Waals surface area contributed by atoms with Crippen LogP contribution in [0, 0.1) is 0 Å². The largest absolute Gasteiger partial charge is 0.416 e. The standard InChI is InChI=1S/C11H8F3N3O/c12-11(13,14)8-2-1-3-9(6-8)17-10(4-5-18)7-15-16-17/h1-3,5-7H,4H2. The second-order valence-corrected chi connectivity index (χ2v) is 3.56. The van der Waals surface area contributed by atoms with Gasteiger partial charge in [0.1, 0.15) is 6.29 Å². The molecule has 0 unspecified atom stereocenters. The monoisotopic (exact) mass is 255 g/mol. The van der Waals surface area contributed by atoms with E-state index in [0.717, 1.165) is 12.1 Å². The minimum absolute atomic E-state index is 0.0449. The first kappa shape index (κ1) is 12.3. The Balaban J connectivity index is 2.45. The SMILES string of the molecule is O=CCc1cnnn1-c1cccc(C(F)(F)F)c1. The van der Waals surface area contributed by atoms with Crippen molar-refractivity contribution < 1.29 is 18.0 Å². The van der Waals surface area contributed by atoms with Gasteiger partial charge in [-0.2, -0.15) is 13.2 Å². The third-order valence-electron chi connectivity index (χ3n) is 2.33. The molecule has 0 fully saturated rings. The highest BCUT2D eigenvalue weighted by Crippen LogP contribution is 2.30. The molecular weight excluding hydrogens is 247 g/mol. The molecule has 0 radical (unpaired) electrons. The average molecular weight is 255 g/mol. The van der Waals surface area contributed by atoms with Crippen LogP contribution < -0.4 is 0 Å². The number of carbonyl (C=O) groups excluding carboxylic acids is 1. The quantitative estimate of drug-likeness (QED) is 0.788. The van der Waals surface area contributed by atoms with E-state index in [-0.39, 0.29) is 12.1 Å². The molecule has 0 aliphatic rings. The molecule has 0 atom stereocenters. The predicted octanol–water partition coefficient (Wildman–Crippen LogP) is 2.03. The molecule has 4 nitrogen and oxygen atoms in total. The number of benzene rings is 1. The Morgan fingerprint density at radius 1 is 1.33 bits per heavy atom. The van der Waals surface area contributed by atoms with Gasteiger partial charge in [0.25, 0.3) is 0 Å². The van der Waals surface area contributed by atoms with Crippen LogP contribution in [0.5, 0.6) is 0 Å². The highest BCUT2D eigenvalue weighted by atomic mass is 19.4. The van der Waals surface area contributed by atoms with Gasteiger partial charge < -0.3 is 4.79 Å². The third kappa shape index (κ3) is 2.39. The number of aromatic nitrogens is 3. The molecule has 1 aromatic carbocycles. The number of halogens is 3. The summed E-state index contributed by atoms with van der Waals surface area (Å²) in [6.45, 7) is 0. The van der Waals surface area contributed by atoms with Gasteiger partial charge in [-0.3, -0.25) is 0 Å². The molecule has 0 aliphatic heterocycles. The van der Waals surface area contributed by atoms with Crippen molar-refractivity contribution >= 4 is 6.29 Å². The van der Waals surface area contributed by atoms with Gasteiger partial charge >= 0.3 is 6.18 Å². The molecule has 0 saturated carbocycles. The van der Waals surface area contributed by atoms with Crippen LogP contribution in [0.4, 0.5) is 13.2 Å². The van der Waals surface area contributed by atoms with Crippen LogP contribution in [-0.2, 0) is 17.4 Å². The summed E-state index contributed by atoms with van der Waals surface area (Å²) < 4.78 is 38.9. The normalized spacial score (nSPS) is 11.5. The van der Waals surface area contributed by atoms with Gasteiger partial charge in [0.05, 0.1) is 23.1 Å². The molecule has 18 heavy (non-hydrogen) atoms. The molecule has 0 spiro atoms. The number of aldehydes is 1. The van der Waals surface area contributed by atoms with Gasteiger partial charge in [0.2, 0.25) is 0 Å². The smallest absolute Gasteiger partial charge is 0.303 e. The number of alkyl halides is 3. The lowest BCUT2D eigenvalue weighted by molar-refractivity contribution is -0.137. The van der Waals surface area contributed by atoms with E-state index in [1.807, 2.05) is 0 Å². The summed E-state index contributed by atoms with van der Waals surface area (Å²) in [6.07, 6.45) is -2.39. The molecule has 2 aromatic rings. The number of hydrogen-bond donors (Lipinski definition) is 0. The van der Waals surface area contributed by atoms with Crippen molar-refractivity contribution in [1.82, 2.24) is 15.0 Å². The van der Waals surface area contributed by atoms with Gasteiger partial charge in [-0.1, -0.05) is 11.3 Å². The molecule has 0 bridgehead atoms. The molecule has 2 rings (SSSR count). The second kappa shape index (κ2) is 4.59. The molecule has 0 saturated heterocycles. The van der Waals surface area contributed by atoms with Crippen molar-refractivity contribution in [2.24, 2.45) is 0 Å². The van der Waals surface area contributed by atoms with Crippen LogP contribution in [-0.4, -0.2) is 21.3 Å². The maximum absolute atomic E-state index is 12.6. The molecular formula is C11H8F3N3O. The Bertz CT molecular complexity index is 563. The zero-order valence-corrected chi connectivity index (χ0v) is 9.05. The lowest BCUT2D eigenvalue weighted by Crippen LogP contribution is -2.08. The number of nitrogens with zero attached hydrogens (tertiary/aromatic N) is 3. The first-order chi connectivity index (χ1) is 8.52. The number of hydrogen-bond acceptors (Lipinski definition) is 3. The first-order valence-electron chi connectivity index (χ1n) is 5.03. The van der Waals surface area contributed by atoms with Gasteiger partial charge in [-0.25, -0.2) is 4.68 Å². The zero-order valence-electron chi connectivity index (χ0n) is 9.05. The van der Waals surface area contributed by atoms with Crippen molar-refractivity contribution in [3.05, 3.63) is 41.7 Å². The lowest BCUT2D eigenvalue weighted by Gasteiger charge is -2.09. The van der Waals surface area contributed by atoms with Crippen molar-refractivity contribution in [3.63, 3.8) is 0 Å². The topological polar surface area (TPSA) is 47.8 Å². The Hall–Kier alpha value is -2.18. The van der Waals surface area contributed by atoms with Crippen molar-refractivity contribution in [2.45, 2.75) is 12.6 Å². The van der Waals surface area contributed by atoms with Crippen LogP contribution in [0.25, 0.3) is 5.69 Å². The van der Waals surface area contributed by atoms with E-state index in [0.29, 0.717) is 12.0 Å². The molecule has 94 valence electrons. The summed E-state index contributed by atoms with van der Waals surface area (Å²) in [7, 11) is 0. The number of rotatable bonds is 3. The van der Waals surface area contributed by atoms with Crippen LogP contribution in [0.15, 0.2) is 30.5 Å². The fourth-order valence-electron chi connectivity index (χ4n) is 1.51. The van der Waals surface area contributed by atoms with E-state index < -0.39 is 11.7 Å². The van der Waals surface area contributed by atoms with E-state index in [2.05, 4.69) is 10.3 Å². The third-order valence-corrected chi connectivity index (χ3v) is 2.33. The maximum Gasteiger partial charge on any atom is 0.416 e. The first-order valence-corrected chi connectivity index (χ1v) is 5.03. The summed E-state index contributed by atoms with van der Waals surface area (Å²) in [5, 5.41) is 7.25. The van der Waals surface area contributed by atoms with Crippen LogP contribution >= 0.6 is 0 Å². The Kier molecular flexibility index (Phi) is 3.14. The summed E-state index contributed by atoms with van der Waals surface area (Å²) in [5.74, 6) is 0.